The Hall–Kier alpha value is -0.890. The first-order valence-corrected chi connectivity index (χ1v) is 8.29. The Morgan fingerprint density at radius 1 is 1.38 bits per heavy atom. The SMILES string of the molecule is CCN(CC)CC(C)NC(=O)c1cn(C2CCNCC2)nn1.Cl.Cl. The summed E-state index contributed by atoms with van der Waals surface area (Å²) in [6.07, 6.45) is 3.83. The molecule has 0 aliphatic carbocycles. The lowest BCUT2D eigenvalue weighted by Gasteiger charge is -2.23. The number of carbonyl (C=O) groups is 1. The third-order valence-electron chi connectivity index (χ3n) is 4.23. The van der Waals surface area contributed by atoms with E-state index >= 15 is 0 Å². The second-order valence-electron chi connectivity index (χ2n) is 5.93. The van der Waals surface area contributed by atoms with Crippen LogP contribution in [0.5, 0.6) is 0 Å². The number of hydrogen-bond donors (Lipinski definition) is 2. The van der Waals surface area contributed by atoms with Crippen molar-refractivity contribution < 1.29 is 4.79 Å². The van der Waals surface area contributed by atoms with Crippen molar-refractivity contribution in [3.05, 3.63) is 11.9 Å². The Bertz CT molecular complexity index is 474. The molecule has 1 aliphatic heterocycles. The van der Waals surface area contributed by atoms with Crippen LogP contribution in [0.15, 0.2) is 6.20 Å². The zero-order valence-electron chi connectivity index (χ0n) is 14.7. The maximum absolute atomic E-state index is 12.3. The van der Waals surface area contributed by atoms with E-state index in [1.807, 2.05) is 11.6 Å². The van der Waals surface area contributed by atoms with Gasteiger partial charge in [-0.2, -0.15) is 0 Å². The minimum atomic E-state index is -0.139. The highest BCUT2D eigenvalue weighted by Crippen LogP contribution is 2.16. The molecule has 1 aromatic rings. The molecule has 2 N–H and O–H groups in total. The van der Waals surface area contributed by atoms with Gasteiger partial charge in [0.25, 0.3) is 5.91 Å². The third-order valence-corrected chi connectivity index (χ3v) is 4.23. The molecule has 2 rings (SSSR count). The number of likely N-dealkylation sites (N-methyl/N-ethyl adjacent to an activating group) is 1. The van der Waals surface area contributed by atoms with Crippen LogP contribution in [0.2, 0.25) is 0 Å². The Morgan fingerprint density at radius 3 is 2.58 bits per heavy atom. The molecule has 1 aliphatic rings. The summed E-state index contributed by atoms with van der Waals surface area (Å²) < 4.78 is 1.84. The van der Waals surface area contributed by atoms with E-state index in [0.717, 1.165) is 45.6 Å². The van der Waals surface area contributed by atoms with Crippen LogP contribution in [-0.4, -0.2) is 64.6 Å². The molecular weight excluding hydrogens is 351 g/mol. The van der Waals surface area contributed by atoms with Crippen molar-refractivity contribution in [2.75, 3.05) is 32.7 Å². The fourth-order valence-electron chi connectivity index (χ4n) is 2.84. The number of aromatic nitrogens is 3. The Kier molecular flexibility index (Phi) is 11.2. The molecular formula is C15H30Cl2N6O. The molecule has 0 aromatic carbocycles. The molecule has 0 bridgehead atoms. The number of amides is 1. The summed E-state index contributed by atoms with van der Waals surface area (Å²) in [5.41, 5.74) is 0.407. The monoisotopic (exact) mass is 380 g/mol. The molecule has 7 nitrogen and oxygen atoms in total. The van der Waals surface area contributed by atoms with E-state index in [1.165, 1.54) is 0 Å². The van der Waals surface area contributed by atoms with Crippen LogP contribution in [0.3, 0.4) is 0 Å². The lowest BCUT2D eigenvalue weighted by molar-refractivity contribution is 0.0925. The van der Waals surface area contributed by atoms with Crippen LogP contribution in [-0.2, 0) is 0 Å². The number of rotatable bonds is 7. The summed E-state index contributed by atoms with van der Waals surface area (Å²) in [6.45, 7) is 11.1. The molecule has 1 fully saturated rings. The first kappa shape index (κ1) is 23.1. The fourth-order valence-corrected chi connectivity index (χ4v) is 2.84. The number of hydrogen-bond acceptors (Lipinski definition) is 5. The topological polar surface area (TPSA) is 75.1 Å². The molecule has 1 saturated heterocycles. The highest BCUT2D eigenvalue weighted by atomic mass is 35.5. The molecule has 140 valence electrons. The molecule has 24 heavy (non-hydrogen) atoms. The van der Waals surface area contributed by atoms with E-state index in [-0.39, 0.29) is 36.8 Å². The van der Waals surface area contributed by atoms with Crippen molar-refractivity contribution in [3.63, 3.8) is 0 Å². The van der Waals surface area contributed by atoms with Gasteiger partial charge in [-0.15, -0.1) is 29.9 Å². The highest BCUT2D eigenvalue weighted by Gasteiger charge is 2.19. The van der Waals surface area contributed by atoms with Crippen LogP contribution in [0.1, 0.15) is 50.1 Å². The number of carbonyl (C=O) groups excluding carboxylic acids is 1. The predicted molar refractivity (Wildman–Crippen MR) is 100 cm³/mol. The van der Waals surface area contributed by atoms with Gasteiger partial charge < -0.3 is 15.5 Å². The first-order chi connectivity index (χ1) is 10.6. The number of piperidine rings is 1. The minimum absolute atomic E-state index is 0. The molecule has 1 unspecified atom stereocenters. The van der Waals surface area contributed by atoms with Crippen molar-refractivity contribution in [2.45, 2.75) is 45.7 Å². The van der Waals surface area contributed by atoms with E-state index in [1.54, 1.807) is 6.20 Å². The smallest absolute Gasteiger partial charge is 0.273 e. The second kappa shape index (κ2) is 11.6. The Balaban J connectivity index is 0.00000264. The number of nitrogens with zero attached hydrogens (tertiary/aromatic N) is 4. The maximum Gasteiger partial charge on any atom is 0.273 e. The van der Waals surface area contributed by atoms with Crippen LogP contribution in [0.25, 0.3) is 0 Å². The standard InChI is InChI=1S/C15H28N6O.2ClH/c1-4-20(5-2)10-12(3)17-15(22)14-11-21(19-18-14)13-6-8-16-9-7-13;;/h11-13,16H,4-10H2,1-3H3,(H,17,22);2*1H. The second-order valence-corrected chi connectivity index (χ2v) is 5.93. The molecule has 0 radical (unpaired) electrons. The molecule has 9 heteroatoms. The lowest BCUT2D eigenvalue weighted by atomic mass is 10.1. The van der Waals surface area contributed by atoms with Crippen molar-refractivity contribution in [2.24, 2.45) is 0 Å². The average molecular weight is 381 g/mol. The van der Waals surface area contributed by atoms with Gasteiger partial charge >= 0.3 is 0 Å². The quantitative estimate of drug-likeness (QED) is 0.749. The number of nitrogens with one attached hydrogen (secondary N) is 2. The van der Waals surface area contributed by atoms with Gasteiger partial charge in [-0.3, -0.25) is 4.79 Å². The summed E-state index contributed by atoms with van der Waals surface area (Å²) in [6, 6.07) is 0.444. The van der Waals surface area contributed by atoms with Crippen molar-refractivity contribution >= 4 is 30.7 Å². The minimum Gasteiger partial charge on any atom is -0.347 e. The van der Waals surface area contributed by atoms with Crippen LogP contribution in [0, 0.1) is 0 Å². The lowest BCUT2D eigenvalue weighted by Crippen LogP contribution is -2.42. The molecule has 1 atom stereocenters. The zero-order chi connectivity index (χ0) is 15.9. The maximum atomic E-state index is 12.3. The van der Waals surface area contributed by atoms with Gasteiger partial charge in [0.05, 0.1) is 12.2 Å². The van der Waals surface area contributed by atoms with E-state index in [2.05, 4.69) is 39.7 Å². The third kappa shape index (κ3) is 6.55. The summed E-state index contributed by atoms with van der Waals surface area (Å²) in [5.74, 6) is -0.139. The van der Waals surface area contributed by atoms with Gasteiger partial charge in [0.1, 0.15) is 0 Å². The van der Waals surface area contributed by atoms with E-state index in [0.29, 0.717) is 11.7 Å². The van der Waals surface area contributed by atoms with Gasteiger partial charge in [-0.25, -0.2) is 4.68 Å². The molecule has 0 spiro atoms. The Morgan fingerprint density at radius 2 is 2.00 bits per heavy atom. The largest absolute Gasteiger partial charge is 0.347 e. The van der Waals surface area contributed by atoms with Gasteiger partial charge in [0.2, 0.25) is 0 Å². The molecule has 1 aromatic heterocycles. The van der Waals surface area contributed by atoms with Crippen LogP contribution in [0.4, 0.5) is 0 Å². The fraction of sp³-hybridized carbons (Fsp3) is 0.800. The van der Waals surface area contributed by atoms with Gasteiger partial charge in [0.15, 0.2) is 5.69 Å². The molecule has 2 heterocycles. The Labute approximate surface area is 156 Å². The summed E-state index contributed by atoms with van der Waals surface area (Å²) in [5, 5.41) is 14.5. The van der Waals surface area contributed by atoms with Crippen molar-refractivity contribution in [3.8, 4) is 0 Å². The predicted octanol–water partition coefficient (Wildman–Crippen LogP) is 1.51. The highest BCUT2D eigenvalue weighted by molar-refractivity contribution is 5.92. The average Bonchev–Trinajstić information content (AvgIpc) is 3.03. The van der Waals surface area contributed by atoms with E-state index in [9.17, 15) is 4.79 Å². The molecule has 0 saturated carbocycles. The van der Waals surface area contributed by atoms with Crippen LogP contribution < -0.4 is 10.6 Å². The van der Waals surface area contributed by atoms with Gasteiger partial charge in [-0.1, -0.05) is 19.1 Å². The van der Waals surface area contributed by atoms with E-state index < -0.39 is 0 Å². The van der Waals surface area contributed by atoms with Gasteiger partial charge in [-0.05, 0) is 45.9 Å². The molecule has 1 amide bonds. The summed E-state index contributed by atoms with van der Waals surface area (Å²) >= 11 is 0. The summed E-state index contributed by atoms with van der Waals surface area (Å²) in [4.78, 5) is 14.5. The number of halogens is 2. The summed E-state index contributed by atoms with van der Waals surface area (Å²) in [7, 11) is 0. The first-order valence-electron chi connectivity index (χ1n) is 8.29. The van der Waals surface area contributed by atoms with Crippen LogP contribution >= 0.6 is 24.8 Å². The normalized spacial score (nSPS) is 16.2. The van der Waals surface area contributed by atoms with Crippen molar-refractivity contribution in [1.29, 1.82) is 0 Å². The van der Waals surface area contributed by atoms with Crippen molar-refractivity contribution in [1.82, 2.24) is 30.5 Å². The van der Waals surface area contributed by atoms with Gasteiger partial charge in [0, 0.05) is 12.6 Å². The van der Waals surface area contributed by atoms with E-state index in [4.69, 9.17) is 0 Å². The zero-order valence-corrected chi connectivity index (χ0v) is 16.3.